The topological polar surface area (TPSA) is 22.0 Å². The second kappa shape index (κ2) is 2.58. The van der Waals surface area contributed by atoms with Crippen molar-refractivity contribution in [3.05, 3.63) is 32.7 Å². The van der Waals surface area contributed by atoms with E-state index >= 15 is 0 Å². The normalized spacial score (nSPS) is 9.90. The lowest BCUT2D eigenvalue weighted by Gasteiger charge is -2.01. The van der Waals surface area contributed by atoms with Crippen LogP contribution in [-0.2, 0) is 7.05 Å². The highest BCUT2D eigenvalue weighted by Gasteiger charge is 1.97. The predicted octanol–water partition coefficient (Wildman–Crippen LogP) is 1.46. The van der Waals surface area contributed by atoms with Gasteiger partial charge in [-0.1, -0.05) is 0 Å². The van der Waals surface area contributed by atoms with E-state index in [0.29, 0.717) is 4.47 Å². The van der Waals surface area contributed by atoms with Gasteiger partial charge in [-0.15, -0.1) is 0 Å². The molecule has 0 aliphatic heterocycles. The fourth-order valence-corrected chi connectivity index (χ4v) is 1.10. The van der Waals surface area contributed by atoms with E-state index in [1.807, 2.05) is 13.0 Å². The molecule has 3 heteroatoms. The second-order valence-corrected chi connectivity index (χ2v) is 3.04. The van der Waals surface area contributed by atoms with Gasteiger partial charge in [-0.25, -0.2) is 0 Å². The second-order valence-electron chi connectivity index (χ2n) is 2.19. The molecule has 0 aromatic carbocycles. The van der Waals surface area contributed by atoms with Crippen LogP contribution in [-0.4, -0.2) is 4.57 Å². The third kappa shape index (κ3) is 1.14. The molecule has 0 spiro atoms. The van der Waals surface area contributed by atoms with Crippen molar-refractivity contribution in [3.63, 3.8) is 0 Å². The number of nitrogens with zero attached hydrogens (tertiary/aromatic N) is 1. The van der Waals surface area contributed by atoms with Crippen LogP contribution in [0.25, 0.3) is 0 Å². The molecule has 1 rings (SSSR count). The molecule has 1 aromatic heterocycles. The minimum atomic E-state index is 0.0139. The molecule has 0 aliphatic carbocycles. The van der Waals surface area contributed by atoms with Crippen molar-refractivity contribution >= 4 is 15.9 Å². The summed E-state index contributed by atoms with van der Waals surface area (Å²) in [6.07, 6.45) is 0. The van der Waals surface area contributed by atoms with E-state index in [9.17, 15) is 4.79 Å². The third-order valence-electron chi connectivity index (χ3n) is 1.51. The fraction of sp³-hybridized carbons (Fsp3) is 0.286. The number of aromatic nitrogens is 1. The summed E-state index contributed by atoms with van der Waals surface area (Å²) in [7, 11) is 1.75. The van der Waals surface area contributed by atoms with E-state index in [4.69, 9.17) is 0 Å². The Morgan fingerprint density at radius 3 is 2.60 bits per heavy atom. The SMILES string of the molecule is Cc1ccc(Br)c(=O)n1C. The summed E-state index contributed by atoms with van der Waals surface area (Å²) in [6, 6.07) is 3.66. The van der Waals surface area contributed by atoms with Crippen LogP contribution in [0.3, 0.4) is 0 Å². The molecule has 1 aromatic rings. The zero-order valence-corrected chi connectivity index (χ0v) is 7.47. The lowest BCUT2D eigenvalue weighted by Crippen LogP contribution is -2.18. The molecule has 0 radical (unpaired) electrons. The number of pyridine rings is 1. The van der Waals surface area contributed by atoms with Gasteiger partial charge in [-0.3, -0.25) is 4.79 Å². The Morgan fingerprint density at radius 1 is 1.50 bits per heavy atom. The molecular weight excluding hydrogens is 194 g/mol. The van der Waals surface area contributed by atoms with Gasteiger partial charge in [0.15, 0.2) is 0 Å². The molecule has 0 amide bonds. The van der Waals surface area contributed by atoms with Crippen molar-refractivity contribution in [1.82, 2.24) is 4.57 Å². The molecule has 0 saturated heterocycles. The van der Waals surface area contributed by atoms with Gasteiger partial charge >= 0.3 is 0 Å². The van der Waals surface area contributed by atoms with Gasteiger partial charge in [-0.2, -0.15) is 0 Å². The Balaban J connectivity index is 3.50. The molecule has 0 bridgehead atoms. The molecule has 1 heterocycles. The van der Waals surface area contributed by atoms with Crippen molar-refractivity contribution in [1.29, 1.82) is 0 Å². The minimum Gasteiger partial charge on any atom is -0.315 e. The van der Waals surface area contributed by atoms with Crippen LogP contribution in [0, 0.1) is 6.92 Å². The third-order valence-corrected chi connectivity index (χ3v) is 2.11. The zero-order valence-electron chi connectivity index (χ0n) is 5.89. The number of halogens is 1. The molecular formula is C7H8BrNO. The smallest absolute Gasteiger partial charge is 0.264 e. The Bertz CT molecular complexity index is 303. The van der Waals surface area contributed by atoms with Crippen molar-refractivity contribution in [3.8, 4) is 0 Å². The van der Waals surface area contributed by atoms with Crippen LogP contribution in [0.2, 0.25) is 0 Å². The standard InChI is InChI=1S/C7H8BrNO/c1-5-3-4-6(8)7(10)9(5)2/h3-4H,1-2H3. The number of rotatable bonds is 0. The summed E-state index contributed by atoms with van der Waals surface area (Å²) in [5.74, 6) is 0. The first kappa shape index (κ1) is 7.54. The van der Waals surface area contributed by atoms with Crippen LogP contribution < -0.4 is 5.56 Å². The molecule has 0 saturated carbocycles. The summed E-state index contributed by atoms with van der Waals surface area (Å²) >= 11 is 3.15. The van der Waals surface area contributed by atoms with Gasteiger partial charge in [-0.05, 0) is 35.0 Å². The zero-order chi connectivity index (χ0) is 7.72. The molecule has 54 valence electrons. The van der Waals surface area contributed by atoms with Crippen LogP contribution in [0.5, 0.6) is 0 Å². The van der Waals surface area contributed by atoms with Crippen LogP contribution in [0.1, 0.15) is 5.69 Å². The molecule has 2 nitrogen and oxygen atoms in total. The van der Waals surface area contributed by atoms with E-state index < -0.39 is 0 Å². The van der Waals surface area contributed by atoms with E-state index in [1.54, 1.807) is 17.7 Å². The van der Waals surface area contributed by atoms with Gasteiger partial charge in [0.2, 0.25) is 0 Å². The summed E-state index contributed by atoms with van der Waals surface area (Å²) in [5, 5.41) is 0. The van der Waals surface area contributed by atoms with E-state index in [2.05, 4.69) is 15.9 Å². The summed E-state index contributed by atoms with van der Waals surface area (Å²) in [5.41, 5.74) is 0.980. The van der Waals surface area contributed by atoms with Crippen molar-refractivity contribution in [2.24, 2.45) is 7.05 Å². The lowest BCUT2D eigenvalue weighted by atomic mass is 10.4. The van der Waals surface area contributed by atoms with Gasteiger partial charge in [0.25, 0.3) is 5.56 Å². The number of hydrogen-bond acceptors (Lipinski definition) is 1. The van der Waals surface area contributed by atoms with Crippen molar-refractivity contribution < 1.29 is 0 Å². The van der Waals surface area contributed by atoms with Crippen LogP contribution in [0.4, 0.5) is 0 Å². The maximum absolute atomic E-state index is 11.1. The first-order valence-electron chi connectivity index (χ1n) is 2.95. The lowest BCUT2D eigenvalue weighted by molar-refractivity contribution is 0.812. The summed E-state index contributed by atoms with van der Waals surface area (Å²) in [4.78, 5) is 11.1. The van der Waals surface area contributed by atoms with E-state index in [-0.39, 0.29) is 5.56 Å². The first-order chi connectivity index (χ1) is 4.63. The average Bonchev–Trinajstić information content (AvgIpc) is 1.93. The van der Waals surface area contributed by atoms with Gasteiger partial charge in [0.05, 0.1) is 4.47 Å². The maximum atomic E-state index is 11.1. The Kier molecular flexibility index (Phi) is 1.94. The summed E-state index contributed by atoms with van der Waals surface area (Å²) in [6.45, 7) is 1.90. The molecule has 0 unspecified atom stereocenters. The van der Waals surface area contributed by atoms with Gasteiger partial charge in [0, 0.05) is 12.7 Å². The van der Waals surface area contributed by atoms with E-state index in [1.165, 1.54) is 0 Å². The highest BCUT2D eigenvalue weighted by molar-refractivity contribution is 9.10. The van der Waals surface area contributed by atoms with Crippen molar-refractivity contribution in [2.75, 3.05) is 0 Å². The minimum absolute atomic E-state index is 0.0139. The van der Waals surface area contributed by atoms with E-state index in [0.717, 1.165) is 5.69 Å². The average molecular weight is 202 g/mol. The number of hydrogen-bond donors (Lipinski definition) is 0. The largest absolute Gasteiger partial charge is 0.315 e. The van der Waals surface area contributed by atoms with Crippen LogP contribution in [0.15, 0.2) is 21.4 Å². The Labute approximate surface area is 67.6 Å². The quantitative estimate of drug-likeness (QED) is 0.624. The number of aryl methyl sites for hydroxylation is 1. The highest BCUT2D eigenvalue weighted by atomic mass is 79.9. The van der Waals surface area contributed by atoms with Crippen molar-refractivity contribution in [2.45, 2.75) is 6.92 Å². The highest BCUT2D eigenvalue weighted by Crippen LogP contribution is 2.02. The molecule has 0 N–H and O–H groups in total. The Morgan fingerprint density at radius 2 is 2.10 bits per heavy atom. The van der Waals surface area contributed by atoms with Crippen LogP contribution >= 0.6 is 15.9 Å². The summed E-state index contributed by atoms with van der Waals surface area (Å²) < 4.78 is 2.21. The molecule has 0 fully saturated rings. The maximum Gasteiger partial charge on any atom is 0.264 e. The van der Waals surface area contributed by atoms with Gasteiger partial charge < -0.3 is 4.57 Å². The Hall–Kier alpha value is -0.570. The van der Waals surface area contributed by atoms with Gasteiger partial charge in [0.1, 0.15) is 0 Å². The molecule has 10 heavy (non-hydrogen) atoms. The molecule has 0 aliphatic rings. The first-order valence-corrected chi connectivity index (χ1v) is 3.74. The fourth-order valence-electron chi connectivity index (χ4n) is 0.697. The molecule has 0 atom stereocenters. The predicted molar refractivity (Wildman–Crippen MR) is 44.1 cm³/mol. The monoisotopic (exact) mass is 201 g/mol.